The van der Waals surface area contributed by atoms with E-state index in [9.17, 15) is 4.79 Å². The highest BCUT2D eigenvalue weighted by molar-refractivity contribution is 5.73. The second-order valence-corrected chi connectivity index (χ2v) is 5.26. The third-order valence-corrected chi connectivity index (χ3v) is 3.84. The molecule has 2 aliphatic rings. The van der Waals surface area contributed by atoms with Gasteiger partial charge in [0.25, 0.3) is 0 Å². The number of hydrogen-bond donors (Lipinski definition) is 1. The summed E-state index contributed by atoms with van der Waals surface area (Å²) in [6.07, 6.45) is 5.68. The number of carbonyl (C=O) groups is 1. The van der Waals surface area contributed by atoms with Crippen LogP contribution in [0.2, 0.25) is 0 Å². The molecule has 0 saturated carbocycles. The van der Waals surface area contributed by atoms with E-state index in [-0.39, 0.29) is 6.03 Å². The minimum atomic E-state index is -0.125. The van der Waals surface area contributed by atoms with Crippen molar-refractivity contribution in [1.29, 1.82) is 0 Å². The maximum atomic E-state index is 11.9. The van der Waals surface area contributed by atoms with Gasteiger partial charge in [-0.1, -0.05) is 18.2 Å². The molecule has 4 nitrogen and oxygen atoms in total. The molecule has 1 heterocycles. The van der Waals surface area contributed by atoms with Crippen molar-refractivity contribution in [3.05, 3.63) is 34.9 Å². The molecule has 0 atom stereocenters. The molecule has 1 aromatic carbocycles. The Labute approximate surface area is 113 Å². The molecule has 1 aliphatic heterocycles. The van der Waals surface area contributed by atoms with Gasteiger partial charge in [-0.05, 0) is 48.8 Å². The van der Waals surface area contributed by atoms with Crippen molar-refractivity contribution in [2.75, 3.05) is 13.2 Å². The van der Waals surface area contributed by atoms with Crippen molar-refractivity contribution >= 4 is 6.03 Å². The summed E-state index contributed by atoms with van der Waals surface area (Å²) in [6.45, 7) is 1.91. The van der Waals surface area contributed by atoms with E-state index in [0.29, 0.717) is 19.7 Å². The molecule has 102 valence electrons. The van der Waals surface area contributed by atoms with Crippen LogP contribution in [0.1, 0.15) is 36.0 Å². The van der Waals surface area contributed by atoms with Crippen LogP contribution in [0.15, 0.2) is 18.2 Å². The normalized spacial score (nSPS) is 18.2. The Bertz CT molecular complexity index is 467. The van der Waals surface area contributed by atoms with E-state index in [1.165, 1.54) is 41.0 Å². The smallest absolute Gasteiger partial charge is 0.332 e. The second-order valence-electron chi connectivity index (χ2n) is 5.26. The Kier molecular flexibility index (Phi) is 3.69. The molecular formula is C15H20N2O2. The SMILES string of the molecule is O=C(NCc1ccc2c(c1)CCC2)N1CCCCO1. The number of urea groups is 1. The van der Waals surface area contributed by atoms with Crippen LogP contribution in [-0.2, 0) is 24.2 Å². The van der Waals surface area contributed by atoms with Crippen LogP contribution in [0, 0.1) is 0 Å². The fraction of sp³-hybridized carbons (Fsp3) is 0.533. The summed E-state index contributed by atoms with van der Waals surface area (Å²) in [6, 6.07) is 6.41. The Morgan fingerprint density at radius 1 is 1.21 bits per heavy atom. The highest BCUT2D eigenvalue weighted by Crippen LogP contribution is 2.22. The lowest BCUT2D eigenvalue weighted by Gasteiger charge is -2.25. The first-order valence-corrected chi connectivity index (χ1v) is 7.12. The molecule has 1 aliphatic carbocycles. The summed E-state index contributed by atoms with van der Waals surface area (Å²) < 4.78 is 0. The van der Waals surface area contributed by atoms with E-state index in [2.05, 4.69) is 23.5 Å². The number of hydroxylamine groups is 2. The average Bonchev–Trinajstić information content (AvgIpc) is 2.93. The molecule has 2 amide bonds. The molecule has 1 saturated heterocycles. The Morgan fingerprint density at radius 2 is 2.11 bits per heavy atom. The van der Waals surface area contributed by atoms with Crippen molar-refractivity contribution < 1.29 is 9.63 Å². The Morgan fingerprint density at radius 3 is 2.95 bits per heavy atom. The van der Waals surface area contributed by atoms with Gasteiger partial charge in [0.2, 0.25) is 0 Å². The molecule has 4 heteroatoms. The van der Waals surface area contributed by atoms with Gasteiger partial charge in [0.15, 0.2) is 0 Å². The second kappa shape index (κ2) is 5.61. The van der Waals surface area contributed by atoms with E-state index in [1.54, 1.807) is 0 Å². The quantitative estimate of drug-likeness (QED) is 0.887. The van der Waals surface area contributed by atoms with Crippen LogP contribution < -0.4 is 5.32 Å². The molecule has 0 spiro atoms. The largest absolute Gasteiger partial charge is 0.341 e. The summed E-state index contributed by atoms with van der Waals surface area (Å²) in [5.74, 6) is 0. The molecule has 0 radical (unpaired) electrons. The summed E-state index contributed by atoms with van der Waals surface area (Å²) in [7, 11) is 0. The first-order chi connectivity index (χ1) is 9.33. The number of aryl methyl sites for hydroxylation is 2. The standard InChI is InChI=1S/C15H20N2O2/c18-15(17-8-1-2-9-19-17)16-11-12-6-7-13-4-3-5-14(13)10-12/h6-7,10H,1-5,8-9,11H2,(H,16,18). The number of nitrogens with one attached hydrogen (secondary N) is 1. The highest BCUT2D eigenvalue weighted by atomic mass is 16.7. The third-order valence-electron chi connectivity index (χ3n) is 3.84. The molecule has 0 aromatic heterocycles. The van der Waals surface area contributed by atoms with E-state index in [0.717, 1.165) is 12.8 Å². The van der Waals surface area contributed by atoms with Gasteiger partial charge in [-0.3, -0.25) is 4.84 Å². The number of carbonyl (C=O) groups excluding carboxylic acids is 1. The van der Waals surface area contributed by atoms with Crippen LogP contribution in [0.25, 0.3) is 0 Å². The number of fused-ring (bicyclic) bond motifs is 1. The lowest BCUT2D eigenvalue weighted by Crippen LogP contribution is -2.42. The van der Waals surface area contributed by atoms with Gasteiger partial charge in [-0.25, -0.2) is 9.86 Å². The average molecular weight is 260 g/mol. The fourth-order valence-corrected chi connectivity index (χ4v) is 2.76. The zero-order valence-electron chi connectivity index (χ0n) is 11.2. The monoisotopic (exact) mass is 260 g/mol. The molecule has 3 rings (SSSR count). The number of benzene rings is 1. The fourth-order valence-electron chi connectivity index (χ4n) is 2.76. The van der Waals surface area contributed by atoms with Gasteiger partial charge < -0.3 is 5.32 Å². The predicted molar refractivity (Wildman–Crippen MR) is 72.6 cm³/mol. The summed E-state index contributed by atoms with van der Waals surface area (Å²) in [4.78, 5) is 17.2. The van der Waals surface area contributed by atoms with E-state index in [4.69, 9.17) is 4.84 Å². The lowest BCUT2D eigenvalue weighted by atomic mass is 10.1. The third kappa shape index (κ3) is 2.89. The van der Waals surface area contributed by atoms with E-state index < -0.39 is 0 Å². The van der Waals surface area contributed by atoms with Crippen LogP contribution >= 0.6 is 0 Å². The zero-order chi connectivity index (χ0) is 13.1. The van der Waals surface area contributed by atoms with Gasteiger partial charge in [-0.2, -0.15) is 0 Å². The highest BCUT2D eigenvalue weighted by Gasteiger charge is 2.17. The first-order valence-electron chi connectivity index (χ1n) is 7.12. The van der Waals surface area contributed by atoms with Crippen molar-refractivity contribution in [3.8, 4) is 0 Å². The topological polar surface area (TPSA) is 41.6 Å². The van der Waals surface area contributed by atoms with Gasteiger partial charge in [0.1, 0.15) is 0 Å². The summed E-state index contributed by atoms with van der Waals surface area (Å²) >= 11 is 0. The van der Waals surface area contributed by atoms with Crippen molar-refractivity contribution in [3.63, 3.8) is 0 Å². The molecule has 0 bridgehead atoms. The minimum absolute atomic E-state index is 0.125. The molecule has 1 fully saturated rings. The van der Waals surface area contributed by atoms with Gasteiger partial charge >= 0.3 is 6.03 Å². The molecule has 19 heavy (non-hydrogen) atoms. The van der Waals surface area contributed by atoms with Crippen LogP contribution in [0.5, 0.6) is 0 Å². The van der Waals surface area contributed by atoms with E-state index in [1.807, 2.05) is 0 Å². The maximum absolute atomic E-state index is 11.9. The summed E-state index contributed by atoms with van der Waals surface area (Å²) in [5, 5.41) is 4.36. The zero-order valence-corrected chi connectivity index (χ0v) is 11.2. The minimum Gasteiger partial charge on any atom is -0.332 e. The van der Waals surface area contributed by atoms with E-state index >= 15 is 0 Å². The van der Waals surface area contributed by atoms with Crippen LogP contribution in [0.4, 0.5) is 4.79 Å². The molecular weight excluding hydrogens is 240 g/mol. The first kappa shape index (κ1) is 12.5. The van der Waals surface area contributed by atoms with Crippen LogP contribution in [0.3, 0.4) is 0 Å². The number of nitrogens with zero attached hydrogens (tertiary/aromatic N) is 1. The molecule has 1 aromatic rings. The van der Waals surface area contributed by atoms with Crippen molar-refractivity contribution in [2.45, 2.75) is 38.6 Å². The number of amides is 2. The predicted octanol–water partition coefficient (Wildman–Crippen LogP) is 2.41. The maximum Gasteiger partial charge on any atom is 0.341 e. The number of rotatable bonds is 2. The van der Waals surface area contributed by atoms with Gasteiger partial charge in [0, 0.05) is 6.54 Å². The molecule has 0 unspecified atom stereocenters. The van der Waals surface area contributed by atoms with Crippen LogP contribution in [-0.4, -0.2) is 24.2 Å². The van der Waals surface area contributed by atoms with Crippen molar-refractivity contribution in [2.24, 2.45) is 0 Å². The number of hydrogen-bond acceptors (Lipinski definition) is 2. The van der Waals surface area contributed by atoms with Gasteiger partial charge in [0.05, 0.1) is 13.2 Å². The Balaban J connectivity index is 1.55. The summed E-state index contributed by atoms with van der Waals surface area (Å²) in [5.41, 5.74) is 4.08. The Hall–Kier alpha value is -1.55. The van der Waals surface area contributed by atoms with Crippen molar-refractivity contribution in [1.82, 2.24) is 10.4 Å². The van der Waals surface area contributed by atoms with Gasteiger partial charge in [-0.15, -0.1) is 0 Å². The lowest BCUT2D eigenvalue weighted by molar-refractivity contribution is -0.139. The molecule has 1 N–H and O–H groups in total.